The van der Waals surface area contributed by atoms with E-state index >= 15 is 0 Å². The molecule has 142 valence electrons. The Labute approximate surface area is 165 Å². The van der Waals surface area contributed by atoms with Crippen LogP contribution in [0, 0.1) is 0 Å². The molecular weight excluding hydrogens is 378 g/mol. The number of nitrogen functional groups attached to an aromatic ring is 1. The molecule has 0 fully saturated rings. The number of amides is 2. The van der Waals surface area contributed by atoms with E-state index in [0.717, 1.165) is 5.56 Å². The van der Waals surface area contributed by atoms with Gasteiger partial charge in [-0.2, -0.15) is 0 Å². The van der Waals surface area contributed by atoms with E-state index in [-0.39, 0.29) is 18.4 Å². The summed E-state index contributed by atoms with van der Waals surface area (Å²) < 4.78 is 6.72. The van der Waals surface area contributed by atoms with Crippen molar-refractivity contribution in [3.63, 3.8) is 0 Å². The van der Waals surface area contributed by atoms with Gasteiger partial charge in [0.1, 0.15) is 5.75 Å². The SMILES string of the molecule is COc1ccccc1-c1nnc(SCCN2C(=O)c3ccccc3C2=O)n1N. The monoisotopic (exact) mass is 395 g/mol. The zero-order valence-electron chi connectivity index (χ0n) is 15.0. The Morgan fingerprint density at radius 3 is 2.21 bits per heavy atom. The van der Waals surface area contributed by atoms with Gasteiger partial charge in [0, 0.05) is 12.3 Å². The number of para-hydroxylation sites is 1. The summed E-state index contributed by atoms with van der Waals surface area (Å²) in [6.45, 7) is 0.258. The number of nitrogens with two attached hydrogens (primary N) is 1. The average molecular weight is 395 g/mol. The van der Waals surface area contributed by atoms with Crippen LogP contribution in [-0.4, -0.2) is 51.0 Å². The van der Waals surface area contributed by atoms with Crippen molar-refractivity contribution in [2.45, 2.75) is 5.16 Å². The Balaban J connectivity index is 1.45. The molecule has 0 atom stereocenters. The second-order valence-electron chi connectivity index (χ2n) is 6.03. The number of fused-ring (bicyclic) bond motifs is 1. The fourth-order valence-electron chi connectivity index (χ4n) is 3.06. The van der Waals surface area contributed by atoms with E-state index in [1.54, 1.807) is 31.4 Å². The van der Waals surface area contributed by atoms with E-state index in [2.05, 4.69) is 10.2 Å². The maximum absolute atomic E-state index is 12.4. The highest BCUT2D eigenvalue weighted by atomic mass is 32.2. The minimum absolute atomic E-state index is 0.258. The lowest BCUT2D eigenvalue weighted by atomic mass is 10.1. The first-order chi connectivity index (χ1) is 13.6. The molecule has 4 rings (SSSR count). The molecule has 1 aliphatic rings. The van der Waals surface area contributed by atoms with E-state index in [4.69, 9.17) is 10.6 Å². The molecule has 2 aromatic carbocycles. The van der Waals surface area contributed by atoms with Crippen molar-refractivity contribution in [1.82, 2.24) is 19.8 Å². The molecule has 8 nitrogen and oxygen atoms in total. The van der Waals surface area contributed by atoms with Crippen molar-refractivity contribution in [2.75, 3.05) is 25.3 Å². The van der Waals surface area contributed by atoms with Gasteiger partial charge < -0.3 is 10.6 Å². The van der Waals surface area contributed by atoms with Crippen molar-refractivity contribution in [3.05, 3.63) is 59.7 Å². The van der Waals surface area contributed by atoms with E-state index < -0.39 is 0 Å². The number of benzene rings is 2. The number of nitrogens with zero attached hydrogens (tertiary/aromatic N) is 4. The molecule has 1 aliphatic heterocycles. The lowest BCUT2D eigenvalue weighted by molar-refractivity contribution is 0.0664. The Kier molecular flexibility index (Phi) is 4.74. The number of ether oxygens (including phenoxy) is 1. The smallest absolute Gasteiger partial charge is 0.261 e. The predicted octanol–water partition coefficient (Wildman–Crippen LogP) is 2.06. The van der Waals surface area contributed by atoms with Gasteiger partial charge in [-0.15, -0.1) is 10.2 Å². The Bertz CT molecular complexity index is 1030. The number of aromatic nitrogens is 3. The first-order valence-electron chi connectivity index (χ1n) is 8.53. The highest BCUT2D eigenvalue weighted by molar-refractivity contribution is 7.99. The van der Waals surface area contributed by atoms with Crippen LogP contribution in [0.1, 0.15) is 20.7 Å². The molecule has 0 saturated heterocycles. The zero-order valence-corrected chi connectivity index (χ0v) is 15.8. The Morgan fingerprint density at radius 2 is 1.57 bits per heavy atom. The normalized spacial score (nSPS) is 13.1. The molecule has 2 N–H and O–H groups in total. The van der Waals surface area contributed by atoms with Gasteiger partial charge in [0.05, 0.1) is 23.8 Å². The second-order valence-corrected chi connectivity index (χ2v) is 7.09. The molecule has 2 heterocycles. The van der Waals surface area contributed by atoms with Crippen molar-refractivity contribution in [2.24, 2.45) is 0 Å². The summed E-state index contributed by atoms with van der Waals surface area (Å²) in [7, 11) is 1.58. The quantitative estimate of drug-likeness (QED) is 0.387. The summed E-state index contributed by atoms with van der Waals surface area (Å²) in [5.41, 5.74) is 1.61. The van der Waals surface area contributed by atoms with Crippen molar-refractivity contribution in [3.8, 4) is 17.1 Å². The average Bonchev–Trinajstić information content (AvgIpc) is 3.21. The number of hydrogen-bond donors (Lipinski definition) is 1. The van der Waals surface area contributed by atoms with Gasteiger partial charge in [0.2, 0.25) is 5.16 Å². The lowest BCUT2D eigenvalue weighted by Crippen LogP contribution is -2.32. The third kappa shape index (κ3) is 2.99. The van der Waals surface area contributed by atoms with E-state index in [1.807, 2.05) is 24.3 Å². The van der Waals surface area contributed by atoms with Crippen LogP contribution in [0.5, 0.6) is 5.75 Å². The number of methoxy groups -OCH3 is 1. The fourth-order valence-corrected chi connectivity index (χ4v) is 3.84. The maximum atomic E-state index is 12.4. The van der Waals surface area contributed by atoms with Crippen LogP contribution in [0.25, 0.3) is 11.4 Å². The molecule has 1 aromatic heterocycles. The minimum atomic E-state index is -0.273. The molecule has 0 bridgehead atoms. The first-order valence-corrected chi connectivity index (χ1v) is 9.52. The molecule has 3 aromatic rings. The topological polar surface area (TPSA) is 103 Å². The van der Waals surface area contributed by atoms with Crippen molar-refractivity contribution < 1.29 is 14.3 Å². The van der Waals surface area contributed by atoms with Crippen LogP contribution in [0.3, 0.4) is 0 Å². The highest BCUT2D eigenvalue weighted by Gasteiger charge is 2.34. The summed E-state index contributed by atoms with van der Waals surface area (Å²) in [4.78, 5) is 26.0. The van der Waals surface area contributed by atoms with Crippen LogP contribution >= 0.6 is 11.8 Å². The van der Waals surface area contributed by atoms with Gasteiger partial charge in [-0.3, -0.25) is 14.5 Å². The summed E-state index contributed by atoms with van der Waals surface area (Å²) in [6, 6.07) is 14.2. The molecule has 0 spiro atoms. The number of hydrogen-bond acceptors (Lipinski definition) is 7. The summed E-state index contributed by atoms with van der Waals surface area (Å²) >= 11 is 1.32. The largest absolute Gasteiger partial charge is 0.496 e. The van der Waals surface area contributed by atoms with E-state index in [9.17, 15) is 9.59 Å². The zero-order chi connectivity index (χ0) is 19.7. The molecular formula is C19H17N5O3S. The first kappa shape index (κ1) is 18.1. The van der Waals surface area contributed by atoms with Crippen molar-refractivity contribution in [1.29, 1.82) is 0 Å². The highest BCUT2D eigenvalue weighted by Crippen LogP contribution is 2.29. The van der Waals surface area contributed by atoms with Crippen LogP contribution in [-0.2, 0) is 0 Å². The summed E-state index contributed by atoms with van der Waals surface area (Å²) in [6.07, 6.45) is 0. The van der Waals surface area contributed by atoms with Gasteiger partial charge in [-0.25, -0.2) is 4.68 Å². The third-order valence-corrected chi connectivity index (χ3v) is 5.36. The van der Waals surface area contributed by atoms with Gasteiger partial charge >= 0.3 is 0 Å². The fraction of sp³-hybridized carbons (Fsp3) is 0.158. The number of imide groups is 1. The van der Waals surface area contributed by atoms with Crippen LogP contribution in [0.2, 0.25) is 0 Å². The molecule has 0 saturated carbocycles. The lowest BCUT2D eigenvalue weighted by Gasteiger charge is -2.13. The van der Waals surface area contributed by atoms with Gasteiger partial charge in [0.15, 0.2) is 5.82 Å². The maximum Gasteiger partial charge on any atom is 0.261 e. The van der Waals surface area contributed by atoms with Crippen LogP contribution in [0.15, 0.2) is 53.7 Å². The molecule has 0 radical (unpaired) electrons. The number of carbonyl (C=O) groups is 2. The number of rotatable bonds is 6. The van der Waals surface area contributed by atoms with Gasteiger partial charge in [-0.05, 0) is 24.3 Å². The van der Waals surface area contributed by atoms with Gasteiger partial charge in [-0.1, -0.05) is 36.0 Å². The Hall–Kier alpha value is -3.33. The van der Waals surface area contributed by atoms with E-state index in [1.165, 1.54) is 21.3 Å². The third-order valence-electron chi connectivity index (χ3n) is 4.44. The summed E-state index contributed by atoms with van der Waals surface area (Å²) in [5, 5.41) is 8.75. The van der Waals surface area contributed by atoms with Crippen molar-refractivity contribution >= 4 is 23.6 Å². The molecule has 28 heavy (non-hydrogen) atoms. The number of carbonyl (C=O) groups excluding carboxylic acids is 2. The minimum Gasteiger partial charge on any atom is -0.496 e. The number of thioether (sulfide) groups is 1. The second kappa shape index (κ2) is 7.35. The molecule has 9 heteroatoms. The van der Waals surface area contributed by atoms with Crippen LogP contribution in [0.4, 0.5) is 0 Å². The molecule has 0 aliphatic carbocycles. The Morgan fingerprint density at radius 1 is 0.964 bits per heavy atom. The summed E-state index contributed by atoms with van der Waals surface area (Å²) in [5.74, 6) is 7.17. The predicted molar refractivity (Wildman–Crippen MR) is 105 cm³/mol. The van der Waals surface area contributed by atoms with E-state index in [0.29, 0.717) is 33.6 Å². The molecule has 0 unspecified atom stereocenters. The van der Waals surface area contributed by atoms with Gasteiger partial charge in [0.25, 0.3) is 11.8 Å². The van der Waals surface area contributed by atoms with Crippen LogP contribution < -0.4 is 10.6 Å². The standard InChI is InChI=1S/C19H17N5O3S/c1-27-15-9-5-4-8-14(15)16-21-22-19(24(16)20)28-11-10-23-17(25)12-6-2-3-7-13(12)18(23)26/h2-9H,10-11,20H2,1H3. The molecule has 2 amide bonds.